The Balaban J connectivity index is 0.000000181. The van der Waals surface area contributed by atoms with Gasteiger partial charge in [-0.3, -0.25) is 28.5 Å². The predicted molar refractivity (Wildman–Crippen MR) is 232 cm³/mol. The molecule has 60 heavy (non-hydrogen) atoms. The molecule has 14 nitrogen and oxygen atoms in total. The predicted octanol–water partition coefficient (Wildman–Crippen LogP) is 7.63. The minimum atomic E-state index is -0.138. The second kappa shape index (κ2) is 19.3. The van der Waals surface area contributed by atoms with Gasteiger partial charge < -0.3 is 21.3 Å². The van der Waals surface area contributed by atoms with Gasteiger partial charge in [0.2, 0.25) is 23.6 Å². The van der Waals surface area contributed by atoms with Crippen LogP contribution in [0, 0.1) is 23.7 Å². The molecule has 4 amide bonds. The molecule has 2 aliphatic carbocycles. The van der Waals surface area contributed by atoms with E-state index in [9.17, 15) is 19.2 Å². The maximum Gasteiger partial charge on any atom is 0.228 e. The number of carbonyl (C=O) groups excluding carboxylic acids is 4. The lowest BCUT2D eigenvalue weighted by Crippen LogP contribution is -2.40. The Morgan fingerprint density at radius 2 is 1.02 bits per heavy atom. The quantitative estimate of drug-likeness (QED) is 0.140. The van der Waals surface area contributed by atoms with Crippen molar-refractivity contribution in [1.82, 2.24) is 40.2 Å². The molecule has 0 radical (unpaired) electrons. The zero-order chi connectivity index (χ0) is 42.5. The second-order valence-corrected chi connectivity index (χ2v) is 18.1. The number of amides is 4. The van der Waals surface area contributed by atoms with Crippen LogP contribution in [0.4, 0.5) is 11.6 Å². The van der Waals surface area contributed by atoms with Gasteiger partial charge in [-0.15, -0.1) is 0 Å². The summed E-state index contributed by atoms with van der Waals surface area (Å²) in [5, 5.41) is 21.9. The molecule has 4 N–H and O–H groups in total. The van der Waals surface area contributed by atoms with E-state index in [0.717, 1.165) is 99.6 Å². The SMILES string of the molecule is CC(=O)N[C@@H]1CCC[C@H](C(=O)Nc2cc(-c3cnn4c3CC(C)CC4)c(Cl)cn2)C1.CC(=O)N[C@@H]1CCC[C@H](C(=O)Nc2cc(-c3cnn4c3CC(C)CC4)c(Cl)cn2)C1. The Hall–Kier alpha value is -4.82. The third-order valence-corrected chi connectivity index (χ3v) is 12.9. The summed E-state index contributed by atoms with van der Waals surface area (Å²) in [7, 11) is 0. The number of anilines is 2. The Morgan fingerprint density at radius 3 is 1.42 bits per heavy atom. The van der Waals surface area contributed by atoms with Gasteiger partial charge in [0.1, 0.15) is 11.6 Å². The van der Waals surface area contributed by atoms with E-state index in [1.807, 2.05) is 24.5 Å². The van der Waals surface area contributed by atoms with Gasteiger partial charge in [-0.1, -0.05) is 49.9 Å². The highest BCUT2D eigenvalue weighted by molar-refractivity contribution is 6.33. The van der Waals surface area contributed by atoms with Crippen molar-refractivity contribution in [3.8, 4) is 22.3 Å². The molecule has 6 heterocycles. The highest BCUT2D eigenvalue weighted by Gasteiger charge is 2.30. The summed E-state index contributed by atoms with van der Waals surface area (Å²) < 4.78 is 4.10. The summed E-state index contributed by atoms with van der Waals surface area (Å²) in [5.74, 6) is 1.70. The number of rotatable bonds is 8. The second-order valence-electron chi connectivity index (χ2n) is 17.3. The first-order valence-corrected chi connectivity index (χ1v) is 22.1. The third kappa shape index (κ3) is 10.5. The van der Waals surface area contributed by atoms with E-state index in [1.54, 1.807) is 12.4 Å². The van der Waals surface area contributed by atoms with E-state index >= 15 is 0 Å². The molecule has 16 heteroatoms. The van der Waals surface area contributed by atoms with Crippen LogP contribution in [-0.2, 0) is 45.1 Å². The molecule has 4 aromatic heterocycles. The van der Waals surface area contributed by atoms with Crippen LogP contribution in [0.5, 0.6) is 0 Å². The summed E-state index contributed by atoms with van der Waals surface area (Å²) in [5.41, 5.74) is 6.07. The van der Waals surface area contributed by atoms with Gasteiger partial charge >= 0.3 is 0 Å². The number of nitrogens with zero attached hydrogens (tertiary/aromatic N) is 6. The van der Waals surface area contributed by atoms with Crippen LogP contribution in [0.15, 0.2) is 36.9 Å². The van der Waals surface area contributed by atoms with Crippen LogP contribution < -0.4 is 21.3 Å². The number of nitrogens with one attached hydrogen (secondary N) is 4. The standard InChI is InChI=1S/2C22H28ClN5O2/c2*1-13-6-7-28-20(8-13)18(11-25-28)17-10-21(24-12-19(17)23)27-22(30)15-4-3-5-16(9-15)26-14(2)29/h2*10-13,15-16H,3-9H2,1-2H3,(H,26,29)(H,24,27,30)/t2*13?,15-,16+/m00/s1. The zero-order valence-corrected chi connectivity index (χ0v) is 36.4. The maximum absolute atomic E-state index is 12.8. The van der Waals surface area contributed by atoms with Gasteiger partial charge in [0.05, 0.1) is 22.4 Å². The van der Waals surface area contributed by atoms with Crippen molar-refractivity contribution in [2.24, 2.45) is 23.7 Å². The molecule has 2 aliphatic heterocycles. The third-order valence-electron chi connectivity index (χ3n) is 12.3. The van der Waals surface area contributed by atoms with Gasteiger partial charge in [0, 0.05) is 96.9 Å². The maximum atomic E-state index is 12.8. The molecular weight excluding hydrogens is 803 g/mol. The molecule has 0 spiro atoms. The fourth-order valence-corrected chi connectivity index (χ4v) is 9.62. The lowest BCUT2D eigenvalue weighted by Gasteiger charge is -2.28. The van der Waals surface area contributed by atoms with Crippen molar-refractivity contribution in [1.29, 1.82) is 0 Å². The van der Waals surface area contributed by atoms with Crippen LogP contribution >= 0.6 is 23.2 Å². The monoisotopic (exact) mass is 858 g/mol. The summed E-state index contributed by atoms with van der Waals surface area (Å²) in [4.78, 5) is 57.0. The summed E-state index contributed by atoms with van der Waals surface area (Å²) in [6, 6.07) is 3.79. The van der Waals surface area contributed by atoms with E-state index in [2.05, 4.69) is 64.6 Å². The number of aryl methyl sites for hydroxylation is 2. The van der Waals surface area contributed by atoms with Crippen LogP contribution in [0.25, 0.3) is 22.3 Å². The van der Waals surface area contributed by atoms with Gasteiger partial charge in [-0.2, -0.15) is 10.2 Å². The lowest BCUT2D eigenvalue weighted by atomic mass is 9.85. The van der Waals surface area contributed by atoms with Crippen molar-refractivity contribution in [3.05, 3.63) is 58.4 Å². The number of halogens is 2. The number of fused-ring (bicyclic) bond motifs is 2. The van der Waals surface area contributed by atoms with Crippen LogP contribution in [0.1, 0.15) is 103 Å². The molecular formula is C44H56Cl2N10O4. The summed E-state index contributed by atoms with van der Waals surface area (Å²) in [6.07, 6.45) is 17.7. The molecule has 8 rings (SSSR count). The van der Waals surface area contributed by atoms with E-state index in [4.69, 9.17) is 23.2 Å². The largest absolute Gasteiger partial charge is 0.354 e. The Kier molecular flexibility index (Phi) is 13.9. The number of hydrogen-bond acceptors (Lipinski definition) is 8. The normalized spacial score (nSPS) is 23.5. The fraction of sp³-hybridized carbons (Fsp3) is 0.545. The Bertz CT molecular complexity index is 2070. The van der Waals surface area contributed by atoms with Crippen LogP contribution in [0.2, 0.25) is 10.0 Å². The molecule has 2 unspecified atom stereocenters. The molecule has 6 atom stereocenters. The fourth-order valence-electron chi connectivity index (χ4n) is 9.21. The van der Waals surface area contributed by atoms with Gasteiger partial charge in [0.25, 0.3) is 0 Å². The first-order valence-electron chi connectivity index (χ1n) is 21.4. The van der Waals surface area contributed by atoms with Crippen molar-refractivity contribution in [2.75, 3.05) is 10.6 Å². The zero-order valence-electron chi connectivity index (χ0n) is 34.9. The molecule has 2 saturated carbocycles. The first-order chi connectivity index (χ1) is 28.8. The van der Waals surface area contributed by atoms with Gasteiger partial charge in [0.15, 0.2) is 0 Å². The van der Waals surface area contributed by atoms with E-state index in [-0.39, 0.29) is 47.5 Å². The topological polar surface area (TPSA) is 178 Å². The van der Waals surface area contributed by atoms with E-state index in [1.165, 1.54) is 25.2 Å². The van der Waals surface area contributed by atoms with Crippen LogP contribution in [-0.4, -0.2) is 65.2 Å². The average Bonchev–Trinajstić information content (AvgIpc) is 3.83. The molecule has 4 aromatic rings. The molecule has 0 aromatic carbocycles. The average molecular weight is 860 g/mol. The summed E-state index contributed by atoms with van der Waals surface area (Å²) in [6.45, 7) is 9.36. The van der Waals surface area contributed by atoms with Crippen molar-refractivity contribution in [3.63, 3.8) is 0 Å². The van der Waals surface area contributed by atoms with E-state index in [0.29, 0.717) is 46.4 Å². The van der Waals surface area contributed by atoms with E-state index < -0.39 is 0 Å². The number of pyridine rings is 2. The van der Waals surface area contributed by atoms with Gasteiger partial charge in [-0.05, 0) is 88.2 Å². The summed E-state index contributed by atoms with van der Waals surface area (Å²) >= 11 is 12.9. The number of aromatic nitrogens is 6. The molecule has 0 saturated heterocycles. The molecule has 320 valence electrons. The molecule has 0 bridgehead atoms. The number of carbonyl (C=O) groups is 4. The van der Waals surface area contributed by atoms with Crippen LogP contribution in [0.3, 0.4) is 0 Å². The smallest absolute Gasteiger partial charge is 0.228 e. The highest BCUT2D eigenvalue weighted by Crippen LogP contribution is 2.37. The first kappa shape index (κ1) is 43.3. The van der Waals surface area contributed by atoms with Crippen molar-refractivity contribution >= 4 is 58.5 Å². The van der Waals surface area contributed by atoms with Gasteiger partial charge in [-0.25, -0.2) is 9.97 Å². The number of hydrogen-bond donors (Lipinski definition) is 4. The highest BCUT2D eigenvalue weighted by atomic mass is 35.5. The van der Waals surface area contributed by atoms with Crippen molar-refractivity contribution < 1.29 is 19.2 Å². The van der Waals surface area contributed by atoms with Crippen molar-refractivity contribution in [2.45, 2.75) is 130 Å². The Labute approximate surface area is 361 Å². The minimum absolute atomic E-state index is 0.0519. The Morgan fingerprint density at radius 1 is 0.600 bits per heavy atom. The minimum Gasteiger partial charge on any atom is -0.354 e. The lowest BCUT2D eigenvalue weighted by molar-refractivity contribution is -0.123. The molecule has 4 aliphatic rings. The molecule has 2 fully saturated rings.